The number of carbonyl (C=O) groups is 1. The summed E-state index contributed by atoms with van der Waals surface area (Å²) in [6.45, 7) is 9.06. The fourth-order valence-corrected chi connectivity index (χ4v) is 2.81. The van der Waals surface area contributed by atoms with Crippen molar-refractivity contribution in [2.24, 2.45) is 5.92 Å². The van der Waals surface area contributed by atoms with Crippen LogP contribution in [0.25, 0.3) is 0 Å². The summed E-state index contributed by atoms with van der Waals surface area (Å²) in [6, 6.07) is 8.90. The Kier molecular flexibility index (Phi) is 5.80. The molecule has 1 aliphatic rings. The maximum absolute atomic E-state index is 11.5. The Labute approximate surface area is 133 Å². The van der Waals surface area contributed by atoms with Crippen LogP contribution in [0.3, 0.4) is 0 Å². The molecule has 5 nitrogen and oxygen atoms in total. The van der Waals surface area contributed by atoms with Crippen LogP contribution in [0.2, 0.25) is 0 Å². The summed E-state index contributed by atoms with van der Waals surface area (Å²) in [5.74, 6) is 0.490. The van der Waals surface area contributed by atoms with E-state index in [1.54, 1.807) is 0 Å². The predicted molar refractivity (Wildman–Crippen MR) is 90.2 cm³/mol. The molecule has 1 aliphatic heterocycles. The summed E-state index contributed by atoms with van der Waals surface area (Å²) >= 11 is 0. The van der Waals surface area contributed by atoms with Crippen LogP contribution in [-0.4, -0.2) is 49.7 Å². The average molecular weight is 305 g/mol. The van der Waals surface area contributed by atoms with E-state index in [9.17, 15) is 4.79 Å². The lowest BCUT2D eigenvalue weighted by molar-refractivity contribution is -0.119. The normalized spacial score (nSPS) is 22.0. The number of methoxy groups -OCH3 is 1. The smallest absolute Gasteiger partial charge is 0.250 e. The second-order valence-corrected chi connectivity index (χ2v) is 6.33. The molecule has 0 aromatic heterocycles. The molecular formula is C17H27N3O2. The standard InChI is InChI=1S/C17H27N3O2/c1-12(2)20-9-13(3)16(10-20)18-14-5-7-15(8-6-14)19-17(21)11-22-4/h5-8,12-13,16,18H,9-11H2,1-4H3,(H,19,21)/t13-,16+/m0/s1. The molecule has 2 atom stereocenters. The molecule has 0 radical (unpaired) electrons. The van der Waals surface area contributed by atoms with Crippen LogP contribution in [0, 0.1) is 5.92 Å². The molecule has 2 N–H and O–H groups in total. The van der Waals surface area contributed by atoms with Gasteiger partial charge in [0.2, 0.25) is 5.91 Å². The number of amides is 1. The lowest BCUT2D eigenvalue weighted by Gasteiger charge is -2.21. The van der Waals surface area contributed by atoms with E-state index in [1.165, 1.54) is 7.11 Å². The minimum absolute atomic E-state index is 0.0740. The molecule has 1 aromatic rings. The van der Waals surface area contributed by atoms with E-state index in [0.717, 1.165) is 24.5 Å². The zero-order chi connectivity index (χ0) is 16.1. The fourth-order valence-electron chi connectivity index (χ4n) is 2.81. The van der Waals surface area contributed by atoms with Crippen molar-refractivity contribution in [3.8, 4) is 0 Å². The van der Waals surface area contributed by atoms with Crippen molar-refractivity contribution >= 4 is 17.3 Å². The van der Waals surface area contributed by atoms with Gasteiger partial charge in [-0.05, 0) is 44.0 Å². The molecule has 122 valence electrons. The second kappa shape index (κ2) is 7.61. The first-order chi connectivity index (χ1) is 10.5. The summed E-state index contributed by atoms with van der Waals surface area (Å²) < 4.78 is 4.80. The van der Waals surface area contributed by atoms with Crippen LogP contribution in [0.5, 0.6) is 0 Å². The number of nitrogens with zero attached hydrogens (tertiary/aromatic N) is 1. The van der Waals surface area contributed by atoms with Gasteiger partial charge in [-0.15, -0.1) is 0 Å². The summed E-state index contributed by atoms with van der Waals surface area (Å²) in [5, 5.41) is 6.40. The number of anilines is 2. The molecule has 1 heterocycles. The number of hydrogen-bond donors (Lipinski definition) is 2. The summed E-state index contributed by atoms with van der Waals surface area (Å²) in [7, 11) is 1.51. The highest BCUT2D eigenvalue weighted by molar-refractivity contribution is 5.91. The van der Waals surface area contributed by atoms with Crippen LogP contribution >= 0.6 is 0 Å². The number of likely N-dealkylation sites (tertiary alicyclic amines) is 1. The summed E-state index contributed by atoms with van der Waals surface area (Å²) in [6.07, 6.45) is 0. The van der Waals surface area contributed by atoms with Crippen molar-refractivity contribution in [2.75, 3.05) is 37.4 Å². The van der Waals surface area contributed by atoms with Gasteiger partial charge in [-0.25, -0.2) is 0 Å². The highest BCUT2D eigenvalue weighted by Gasteiger charge is 2.30. The first-order valence-corrected chi connectivity index (χ1v) is 7.89. The van der Waals surface area contributed by atoms with E-state index >= 15 is 0 Å². The van der Waals surface area contributed by atoms with Gasteiger partial charge in [0.1, 0.15) is 6.61 Å². The minimum atomic E-state index is -0.139. The van der Waals surface area contributed by atoms with Crippen molar-refractivity contribution in [1.82, 2.24) is 4.90 Å². The Morgan fingerprint density at radius 1 is 1.27 bits per heavy atom. The number of hydrogen-bond acceptors (Lipinski definition) is 4. The SMILES string of the molecule is COCC(=O)Nc1ccc(N[C@@H]2CN(C(C)C)C[C@@H]2C)cc1. The van der Waals surface area contributed by atoms with E-state index in [1.807, 2.05) is 24.3 Å². The molecule has 0 aliphatic carbocycles. The van der Waals surface area contributed by atoms with E-state index < -0.39 is 0 Å². The van der Waals surface area contributed by atoms with E-state index in [2.05, 4.69) is 36.3 Å². The van der Waals surface area contributed by atoms with Crippen molar-refractivity contribution in [3.63, 3.8) is 0 Å². The van der Waals surface area contributed by atoms with Crippen LogP contribution < -0.4 is 10.6 Å². The first-order valence-electron chi connectivity index (χ1n) is 7.89. The Hall–Kier alpha value is -1.59. The van der Waals surface area contributed by atoms with Gasteiger partial charge in [0.15, 0.2) is 0 Å². The lowest BCUT2D eigenvalue weighted by atomic mass is 10.1. The molecule has 1 saturated heterocycles. The Morgan fingerprint density at radius 3 is 2.45 bits per heavy atom. The summed E-state index contributed by atoms with van der Waals surface area (Å²) in [5.41, 5.74) is 1.88. The quantitative estimate of drug-likeness (QED) is 0.847. The van der Waals surface area contributed by atoms with Gasteiger partial charge in [-0.3, -0.25) is 9.69 Å². The van der Waals surface area contributed by atoms with Crippen molar-refractivity contribution in [3.05, 3.63) is 24.3 Å². The number of rotatable bonds is 6. The maximum atomic E-state index is 11.5. The van der Waals surface area contributed by atoms with E-state index in [4.69, 9.17) is 4.74 Å². The van der Waals surface area contributed by atoms with Crippen molar-refractivity contribution in [1.29, 1.82) is 0 Å². The topological polar surface area (TPSA) is 53.6 Å². The van der Waals surface area contributed by atoms with E-state index in [-0.39, 0.29) is 12.5 Å². The van der Waals surface area contributed by atoms with Crippen molar-refractivity contribution < 1.29 is 9.53 Å². The van der Waals surface area contributed by atoms with Gasteiger partial charge in [0, 0.05) is 43.7 Å². The summed E-state index contributed by atoms with van der Waals surface area (Å²) in [4.78, 5) is 14.0. The number of nitrogens with one attached hydrogen (secondary N) is 2. The lowest BCUT2D eigenvalue weighted by Crippen LogP contribution is -2.31. The van der Waals surface area contributed by atoms with Crippen LogP contribution in [0.1, 0.15) is 20.8 Å². The second-order valence-electron chi connectivity index (χ2n) is 6.33. The highest BCUT2D eigenvalue weighted by atomic mass is 16.5. The molecule has 0 spiro atoms. The van der Waals surface area contributed by atoms with Gasteiger partial charge >= 0.3 is 0 Å². The molecule has 22 heavy (non-hydrogen) atoms. The molecule has 0 saturated carbocycles. The van der Waals surface area contributed by atoms with Gasteiger partial charge in [-0.1, -0.05) is 6.92 Å². The predicted octanol–water partition coefficient (Wildman–Crippen LogP) is 2.41. The zero-order valence-corrected chi connectivity index (χ0v) is 13.9. The molecular weight excluding hydrogens is 278 g/mol. The molecule has 0 unspecified atom stereocenters. The Bertz CT molecular complexity index is 487. The first kappa shape index (κ1) is 16.8. The molecule has 2 rings (SSSR count). The number of carbonyl (C=O) groups excluding carboxylic acids is 1. The van der Waals surface area contributed by atoms with Gasteiger partial charge in [0.05, 0.1) is 0 Å². The van der Waals surface area contributed by atoms with Crippen LogP contribution in [0.4, 0.5) is 11.4 Å². The van der Waals surface area contributed by atoms with Crippen LogP contribution in [0.15, 0.2) is 24.3 Å². The Morgan fingerprint density at radius 2 is 1.91 bits per heavy atom. The molecule has 1 aromatic carbocycles. The number of benzene rings is 1. The Balaban J connectivity index is 1.90. The number of ether oxygens (including phenoxy) is 1. The minimum Gasteiger partial charge on any atom is -0.381 e. The van der Waals surface area contributed by atoms with Gasteiger partial charge in [0.25, 0.3) is 0 Å². The largest absolute Gasteiger partial charge is 0.381 e. The highest BCUT2D eigenvalue weighted by Crippen LogP contribution is 2.23. The van der Waals surface area contributed by atoms with Crippen LogP contribution in [-0.2, 0) is 9.53 Å². The van der Waals surface area contributed by atoms with Gasteiger partial charge < -0.3 is 15.4 Å². The molecule has 1 fully saturated rings. The third-order valence-corrected chi connectivity index (χ3v) is 4.17. The maximum Gasteiger partial charge on any atom is 0.250 e. The van der Waals surface area contributed by atoms with Crippen molar-refractivity contribution in [2.45, 2.75) is 32.9 Å². The third kappa shape index (κ3) is 4.45. The third-order valence-electron chi connectivity index (χ3n) is 4.17. The molecule has 0 bridgehead atoms. The zero-order valence-electron chi connectivity index (χ0n) is 13.9. The van der Waals surface area contributed by atoms with E-state index in [0.29, 0.717) is 18.0 Å². The molecule has 5 heteroatoms. The average Bonchev–Trinajstić information content (AvgIpc) is 2.83. The monoisotopic (exact) mass is 305 g/mol. The van der Waals surface area contributed by atoms with Gasteiger partial charge in [-0.2, -0.15) is 0 Å². The molecule has 1 amide bonds. The fraction of sp³-hybridized carbons (Fsp3) is 0.588.